The van der Waals surface area contributed by atoms with E-state index in [9.17, 15) is 9.90 Å². The summed E-state index contributed by atoms with van der Waals surface area (Å²) in [6.45, 7) is 3.24. The number of unbranched alkanes of at least 4 members (excludes halogenated alkanes) is 1. The predicted octanol–water partition coefficient (Wildman–Crippen LogP) is 3.79. The number of rotatable bonds is 10. The smallest absolute Gasteiger partial charge is 0.256 e. The van der Waals surface area contributed by atoms with Crippen molar-refractivity contribution in [3.05, 3.63) is 60.2 Å². The van der Waals surface area contributed by atoms with E-state index < -0.39 is 0 Å². The third kappa shape index (κ3) is 6.95. The zero-order chi connectivity index (χ0) is 24.5. The lowest BCUT2D eigenvalue weighted by molar-refractivity contribution is 0.0950. The first-order valence-corrected chi connectivity index (χ1v) is 12.3. The molecule has 0 atom stereocenters. The van der Waals surface area contributed by atoms with Crippen molar-refractivity contribution in [1.82, 2.24) is 25.3 Å². The van der Waals surface area contributed by atoms with Crippen molar-refractivity contribution in [2.75, 3.05) is 17.2 Å². The molecule has 0 aliphatic heterocycles. The van der Waals surface area contributed by atoms with Crippen LogP contribution in [0.4, 0.5) is 11.8 Å². The minimum Gasteiger partial charge on any atom is -0.393 e. The molecule has 0 radical (unpaired) electrons. The van der Waals surface area contributed by atoms with Crippen molar-refractivity contribution in [3.8, 4) is 11.3 Å². The Kier molecular flexibility index (Phi) is 8.56. The third-order valence-electron chi connectivity index (χ3n) is 6.12. The molecule has 9 nitrogen and oxygen atoms in total. The largest absolute Gasteiger partial charge is 0.393 e. The summed E-state index contributed by atoms with van der Waals surface area (Å²) >= 11 is 0. The van der Waals surface area contributed by atoms with Crippen LogP contribution in [0.25, 0.3) is 11.3 Å². The van der Waals surface area contributed by atoms with Crippen molar-refractivity contribution >= 4 is 17.7 Å². The van der Waals surface area contributed by atoms with Crippen molar-refractivity contribution in [1.29, 1.82) is 0 Å². The van der Waals surface area contributed by atoms with Crippen LogP contribution in [0.15, 0.2) is 49.1 Å². The van der Waals surface area contributed by atoms with Crippen molar-refractivity contribution in [2.45, 2.75) is 64.1 Å². The molecule has 1 amide bonds. The lowest BCUT2D eigenvalue weighted by atomic mass is 9.93. The molecule has 4 rings (SSSR count). The van der Waals surface area contributed by atoms with E-state index in [0.717, 1.165) is 61.9 Å². The number of anilines is 2. The van der Waals surface area contributed by atoms with Crippen molar-refractivity contribution in [2.24, 2.45) is 0 Å². The Morgan fingerprint density at radius 1 is 1.09 bits per heavy atom. The fourth-order valence-corrected chi connectivity index (χ4v) is 4.03. The van der Waals surface area contributed by atoms with E-state index in [1.807, 2.05) is 24.3 Å². The van der Waals surface area contributed by atoms with Gasteiger partial charge >= 0.3 is 0 Å². The molecule has 3 aromatic rings. The van der Waals surface area contributed by atoms with E-state index in [1.165, 1.54) is 0 Å². The van der Waals surface area contributed by atoms with E-state index in [2.05, 4.69) is 42.8 Å². The van der Waals surface area contributed by atoms with Crippen LogP contribution in [-0.4, -0.2) is 49.6 Å². The summed E-state index contributed by atoms with van der Waals surface area (Å²) in [6.07, 6.45) is 11.8. The minimum absolute atomic E-state index is 0.160. The molecule has 0 saturated heterocycles. The molecule has 0 unspecified atom stereocenters. The highest BCUT2D eigenvalue weighted by atomic mass is 16.3. The second-order valence-corrected chi connectivity index (χ2v) is 8.86. The first kappa shape index (κ1) is 24.5. The summed E-state index contributed by atoms with van der Waals surface area (Å²) in [5.41, 5.74) is 3.06. The van der Waals surface area contributed by atoms with Crippen LogP contribution in [0.2, 0.25) is 0 Å². The number of hydrogen-bond donors (Lipinski definition) is 4. The highest BCUT2D eigenvalue weighted by Gasteiger charge is 2.22. The number of aliphatic hydroxyl groups is 1. The van der Waals surface area contributed by atoms with Crippen LogP contribution in [0, 0.1) is 0 Å². The molecular weight excluding hydrogens is 442 g/mol. The molecule has 1 aliphatic carbocycles. The van der Waals surface area contributed by atoms with E-state index in [-0.39, 0.29) is 18.1 Å². The highest BCUT2D eigenvalue weighted by Crippen LogP contribution is 2.24. The van der Waals surface area contributed by atoms with Crippen LogP contribution in [0.3, 0.4) is 0 Å². The Morgan fingerprint density at radius 3 is 2.66 bits per heavy atom. The van der Waals surface area contributed by atoms with Crippen LogP contribution in [0.5, 0.6) is 0 Å². The van der Waals surface area contributed by atoms with Crippen LogP contribution in [0.1, 0.15) is 61.4 Å². The average molecular weight is 476 g/mol. The minimum atomic E-state index is -0.250. The molecule has 1 fully saturated rings. The normalized spacial score (nSPS) is 17.5. The second kappa shape index (κ2) is 12.2. The van der Waals surface area contributed by atoms with Crippen LogP contribution in [-0.2, 0) is 6.54 Å². The number of carbonyl (C=O) groups is 1. The summed E-state index contributed by atoms with van der Waals surface area (Å²) in [4.78, 5) is 30.6. The van der Waals surface area contributed by atoms with E-state index in [1.54, 1.807) is 24.8 Å². The lowest BCUT2D eigenvalue weighted by Gasteiger charge is -2.27. The first-order chi connectivity index (χ1) is 17.1. The number of nitrogens with one attached hydrogen (secondary N) is 3. The number of pyridine rings is 2. The molecule has 0 spiro atoms. The maximum Gasteiger partial charge on any atom is 0.256 e. The molecule has 0 bridgehead atoms. The summed E-state index contributed by atoms with van der Waals surface area (Å²) in [7, 11) is 0. The number of amides is 1. The average Bonchev–Trinajstić information content (AvgIpc) is 2.90. The highest BCUT2D eigenvalue weighted by molar-refractivity contribution is 5.98. The van der Waals surface area contributed by atoms with Crippen LogP contribution < -0.4 is 16.0 Å². The van der Waals surface area contributed by atoms with E-state index in [0.29, 0.717) is 23.9 Å². The van der Waals surface area contributed by atoms with Gasteiger partial charge in [0.1, 0.15) is 11.4 Å². The predicted molar refractivity (Wildman–Crippen MR) is 136 cm³/mol. The summed E-state index contributed by atoms with van der Waals surface area (Å²) < 4.78 is 0. The third-order valence-corrected chi connectivity index (χ3v) is 6.12. The van der Waals surface area contributed by atoms with Crippen molar-refractivity contribution in [3.63, 3.8) is 0 Å². The summed E-state index contributed by atoms with van der Waals surface area (Å²) in [5.74, 6) is 0.770. The quantitative estimate of drug-likeness (QED) is 0.327. The summed E-state index contributed by atoms with van der Waals surface area (Å²) in [6, 6.07) is 7.85. The van der Waals surface area contributed by atoms with E-state index >= 15 is 0 Å². The summed E-state index contributed by atoms with van der Waals surface area (Å²) in [5, 5.41) is 19.4. The van der Waals surface area contributed by atoms with Crippen LogP contribution >= 0.6 is 0 Å². The maximum atomic E-state index is 13.1. The molecule has 1 saturated carbocycles. The number of hydrogen-bond acceptors (Lipinski definition) is 8. The van der Waals surface area contributed by atoms with Gasteiger partial charge in [-0.15, -0.1) is 0 Å². The van der Waals surface area contributed by atoms with Crippen molar-refractivity contribution < 1.29 is 9.90 Å². The van der Waals surface area contributed by atoms with Gasteiger partial charge in [0, 0.05) is 49.5 Å². The van der Waals surface area contributed by atoms with Gasteiger partial charge in [0.25, 0.3) is 5.91 Å². The number of aliphatic hydroxyl groups excluding tert-OH is 1. The standard InChI is InChI=1S/C26H33N7O2/c1-2-3-13-28-26-31-17-22(24(33-26)32-20-7-9-21(34)10-8-20)25(35)30-15-18-6-11-23(29-14-18)19-5-4-12-27-16-19/h4-6,11-12,14,16-17,20-21,34H,2-3,7-10,13,15H2,1H3,(H,30,35)(H2,28,31,32,33). The molecule has 35 heavy (non-hydrogen) atoms. The molecule has 3 heterocycles. The first-order valence-electron chi connectivity index (χ1n) is 12.3. The number of carbonyl (C=O) groups excluding carboxylic acids is 1. The SMILES string of the molecule is CCCCNc1ncc(C(=O)NCc2ccc(-c3cccnc3)nc2)c(NC2CCC(O)CC2)n1. The lowest BCUT2D eigenvalue weighted by Crippen LogP contribution is -2.31. The van der Waals surface area contributed by atoms with Gasteiger partial charge in [-0.25, -0.2) is 4.98 Å². The Labute approximate surface area is 205 Å². The molecule has 3 aromatic heterocycles. The molecular formula is C26H33N7O2. The monoisotopic (exact) mass is 475 g/mol. The Morgan fingerprint density at radius 2 is 1.94 bits per heavy atom. The molecule has 9 heteroatoms. The zero-order valence-electron chi connectivity index (χ0n) is 20.1. The molecule has 4 N–H and O–H groups in total. The van der Waals surface area contributed by atoms with Gasteiger partial charge in [-0.3, -0.25) is 14.8 Å². The van der Waals surface area contributed by atoms with Gasteiger partial charge in [-0.2, -0.15) is 4.98 Å². The zero-order valence-corrected chi connectivity index (χ0v) is 20.1. The fraction of sp³-hybridized carbons (Fsp3) is 0.423. The van der Waals surface area contributed by atoms with Gasteiger partial charge in [-0.1, -0.05) is 19.4 Å². The Bertz CT molecular complexity index is 1080. The Balaban J connectivity index is 1.43. The number of nitrogens with zero attached hydrogens (tertiary/aromatic N) is 4. The Hall–Kier alpha value is -3.59. The molecule has 1 aliphatic rings. The topological polar surface area (TPSA) is 125 Å². The van der Waals surface area contributed by atoms with Gasteiger partial charge < -0.3 is 21.1 Å². The van der Waals surface area contributed by atoms with Gasteiger partial charge in [0.05, 0.1) is 11.8 Å². The molecule has 184 valence electrons. The fourth-order valence-electron chi connectivity index (χ4n) is 4.03. The number of aromatic nitrogens is 4. The van der Waals surface area contributed by atoms with Gasteiger partial charge in [0.2, 0.25) is 5.95 Å². The van der Waals surface area contributed by atoms with Gasteiger partial charge in [0.15, 0.2) is 0 Å². The maximum absolute atomic E-state index is 13.1. The van der Waals surface area contributed by atoms with E-state index in [4.69, 9.17) is 0 Å². The van der Waals surface area contributed by atoms with Gasteiger partial charge in [-0.05, 0) is 55.9 Å². The second-order valence-electron chi connectivity index (χ2n) is 8.86. The molecule has 0 aromatic carbocycles.